The van der Waals surface area contributed by atoms with Gasteiger partial charge in [0.2, 0.25) is 0 Å². The van der Waals surface area contributed by atoms with Crippen LogP contribution in [0.3, 0.4) is 0 Å². The van der Waals surface area contributed by atoms with Gasteiger partial charge in [-0.1, -0.05) is 13.8 Å². The van der Waals surface area contributed by atoms with E-state index < -0.39 is 0 Å². The van der Waals surface area contributed by atoms with Crippen molar-refractivity contribution in [3.05, 3.63) is 12.0 Å². The molecule has 0 spiro atoms. The first-order valence-corrected chi connectivity index (χ1v) is 7.39. The number of carbonyl (C=O) groups is 1. The summed E-state index contributed by atoms with van der Waals surface area (Å²) in [5.74, 6) is 1.57. The number of amides is 2. The predicted octanol–water partition coefficient (Wildman–Crippen LogP) is 2.09. The van der Waals surface area contributed by atoms with E-state index in [1.807, 2.05) is 13.3 Å². The second-order valence-electron chi connectivity index (χ2n) is 5.46. The SMILES string of the molecule is CCCN1C(=O)N2C[C@@H](C)N=C2c2c1ncn2CCC. The highest BCUT2D eigenvalue weighted by Gasteiger charge is 2.41. The monoisotopic (exact) mass is 275 g/mol. The van der Waals surface area contributed by atoms with E-state index in [0.717, 1.165) is 36.7 Å². The smallest absolute Gasteiger partial charge is 0.326 e. The van der Waals surface area contributed by atoms with Crippen molar-refractivity contribution < 1.29 is 4.79 Å². The molecule has 2 aliphatic heterocycles. The van der Waals surface area contributed by atoms with Crippen molar-refractivity contribution in [2.45, 2.75) is 46.2 Å². The number of imidazole rings is 1. The van der Waals surface area contributed by atoms with Gasteiger partial charge >= 0.3 is 6.03 Å². The Hall–Kier alpha value is -1.85. The van der Waals surface area contributed by atoms with Crippen LogP contribution in [0.4, 0.5) is 10.6 Å². The molecule has 1 atom stereocenters. The largest absolute Gasteiger partial charge is 0.331 e. The van der Waals surface area contributed by atoms with Gasteiger partial charge in [0.1, 0.15) is 5.69 Å². The van der Waals surface area contributed by atoms with Crippen molar-refractivity contribution in [1.29, 1.82) is 0 Å². The minimum Gasteiger partial charge on any atom is -0.326 e. The highest BCUT2D eigenvalue weighted by molar-refractivity contribution is 6.18. The molecular formula is C14H21N5O. The lowest BCUT2D eigenvalue weighted by Gasteiger charge is -2.33. The van der Waals surface area contributed by atoms with Crippen LogP contribution in [0, 0.1) is 0 Å². The first-order valence-electron chi connectivity index (χ1n) is 7.39. The summed E-state index contributed by atoms with van der Waals surface area (Å²) in [6.07, 6.45) is 3.79. The van der Waals surface area contributed by atoms with Crippen LogP contribution in [0.1, 0.15) is 39.3 Å². The zero-order chi connectivity index (χ0) is 14.3. The summed E-state index contributed by atoms with van der Waals surface area (Å²) >= 11 is 0. The Morgan fingerprint density at radius 3 is 2.75 bits per heavy atom. The van der Waals surface area contributed by atoms with Crippen LogP contribution in [0.15, 0.2) is 11.3 Å². The van der Waals surface area contributed by atoms with E-state index in [1.165, 1.54) is 0 Å². The minimum absolute atomic E-state index is 0.0178. The Balaban J connectivity index is 2.11. The molecule has 108 valence electrons. The third-order valence-electron chi connectivity index (χ3n) is 3.70. The number of amidine groups is 1. The normalized spacial score (nSPS) is 21.1. The van der Waals surface area contributed by atoms with Crippen molar-refractivity contribution in [2.24, 2.45) is 4.99 Å². The molecule has 0 unspecified atom stereocenters. The van der Waals surface area contributed by atoms with E-state index in [9.17, 15) is 4.79 Å². The molecule has 3 rings (SSSR count). The van der Waals surface area contributed by atoms with Gasteiger partial charge in [-0.2, -0.15) is 0 Å². The van der Waals surface area contributed by atoms with E-state index in [-0.39, 0.29) is 12.1 Å². The number of hydrogen-bond donors (Lipinski definition) is 0. The summed E-state index contributed by atoms with van der Waals surface area (Å²) in [6, 6.07) is 0.178. The van der Waals surface area contributed by atoms with Gasteiger partial charge < -0.3 is 4.57 Å². The Morgan fingerprint density at radius 2 is 2.05 bits per heavy atom. The molecule has 0 fully saturated rings. The number of anilines is 1. The van der Waals surface area contributed by atoms with E-state index in [4.69, 9.17) is 0 Å². The summed E-state index contributed by atoms with van der Waals surface area (Å²) < 4.78 is 2.12. The van der Waals surface area contributed by atoms with Gasteiger partial charge in [-0.15, -0.1) is 0 Å². The lowest BCUT2D eigenvalue weighted by atomic mass is 10.2. The molecule has 0 aliphatic carbocycles. The number of aryl methyl sites for hydroxylation is 1. The molecule has 0 saturated heterocycles. The topological polar surface area (TPSA) is 53.7 Å². The number of hydrogen-bond acceptors (Lipinski definition) is 3. The molecule has 0 aromatic carbocycles. The molecule has 6 heteroatoms. The van der Waals surface area contributed by atoms with Crippen LogP contribution in [0.2, 0.25) is 0 Å². The van der Waals surface area contributed by atoms with Gasteiger partial charge in [-0.25, -0.2) is 9.78 Å². The van der Waals surface area contributed by atoms with Gasteiger partial charge in [-0.05, 0) is 19.8 Å². The predicted molar refractivity (Wildman–Crippen MR) is 78.3 cm³/mol. The lowest BCUT2D eigenvalue weighted by Crippen LogP contribution is -2.51. The molecule has 0 radical (unpaired) electrons. The minimum atomic E-state index is 0.0178. The summed E-state index contributed by atoms with van der Waals surface area (Å²) in [4.78, 5) is 25.3. The zero-order valence-corrected chi connectivity index (χ0v) is 12.3. The molecule has 0 bridgehead atoms. The molecule has 0 saturated carbocycles. The van der Waals surface area contributed by atoms with Gasteiger partial charge in [0, 0.05) is 13.1 Å². The zero-order valence-electron chi connectivity index (χ0n) is 12.3. The van der Waals surface area contributed by atoms with Crippen molar-refractivity contribution >= 4 is 17.7 Å². The van der Waals surface area contributed by atoms with Crippen molar-refractivity contribution in [3.8, 4) is 0 Å². The highest BCUT2D eigenvalue weighted by atomic mass is 16.2. The van der Waals surface area contributed by atoms with Gasteiger partial charge in [-0.3, -0.25) is 14.8 Å². The average Bonchev–Trinajstić information content (AvgIpc) is 2.99. The van der Waals surface area contributed by atoms with Crippen LogP contribution in [0.5, 0.6) is 0 Å². The van der Waals surface area contributed by atoms with Crippen LogP contribution in [-0.4, -0.2) is 45.4 Å². The first kappa shape index (κ1) is 13.1. The molecule has 0 N–H and O–H groups in total. The Kier molecular flexibility index (Phi) is 3.23. The number of aromatic nitrogens is 2. The molecule has 1 aromatic rings. The van der Waals surface area contributed by atoms with Gasteiger partial charge in [0.25, 0.3) is 0 Å². The third-order valence-corrected chi connectivity index (χ3v) is 3.70. The summed E-state index contributed by atoms with van der Waals surface area (Å²) in [7, 11) is 0. The Bertz CT molecular complexity index is 562. The van der Waals surface area contributed by atoms with Crippen molar-refractivity contribution in [3.63, 3.8) is 0 Å². The number of carbonyl (C=O) groups excluding carboxylic acids is 1. The first-order chi connectivity index (χ1) is 9.67. The molecule has 20 heavy (non-hydrogen) atoms. The highest BCUT2D eigenvalue weighted by Crippen LogP contribution is 2.31. The van der Waals surface area contributed by atoms with Crippen LogP contribution < -0.4 is 4.90 Å². The van der Waals surface area contributed by atoms with Gasteiger partial charge in [0.05, 0.1) is 18.9 Å². The quantitative estimate of drug-likeness (QED) is 0.845. The van der Waals surface area contributed by atoms with Crippen molar-refractivity contribution in [1.82, 2.24) is 14.5 Å². The number of fused-ring (bicyclic) bond motifs is 3. The second kappa shape index (κ2) is 4.92. The Morgan fingerprint density at radius 1 is 1.30 bits per heavy atom. The fourth-order valence-corrected chi connectivity index (χ4v) is 2.90. The molecule has 1 aromatic heterocycles. The van der Waals surface area contributed by atoms with Crippen molar-refractivity contribution in [2.75, 3.05) is 18.0 Å². The van der Waals surface area contributed by atoms with E-state index in [2.05, 4.69) is 28.4 Å². The molecular weight excluding hydrogens is 254 g/mol. The average molecular weight is 275 g/mol. The molecule has 6 nitrogen and oxygen atoms in total. The summed E-state index contributed by atoms with van der Waals surface area (Å²) in [6.45, 7) is 8.53. The maximum Gasteiger partial charge on any atom is 0.331 e. The van der Waals surface area contributed by atoms with Crippen LogP contribution in [0.25, 0.3) is 0 Å². The fraction of sp³-hybridized carbons (Fsp3) is 0.643. The number of aliphatic imine (C=N–C) groups is 1. The standard InChI is InChI=1S/C14H21N5O/c1-4-6-17-9-15-12-11(17)13-16-10(3)8-19(13)14(20)18(12)7-5-2/h9-10H,4-8H2,1-3H3/t10-/m1/s1. The Labute approximate surface area is 119 Å². The molecule has 3 heterocycles. The lowest BCUT2D eigenvalue weighted by molar-refractivity contribution is 0.227. The van der Waals surface area contributed by atoms with E-state index >= 15 is 0 Å². The number of rotatable bonds is 4. The molecule has 2 aliphatic rings. The summed E-state index contributed by atoms with van der Waals surface area (Å²) in [5.41, 5.74) is 1.00. The maximum atomic E-state index is 12.6. The van der Waals surface area contributed by atoms with Crippen LogP contribution in [-0.2, 0) is 6.54 Å². The summed E-state index contributed by atoms with van der Waals surface area (Å²) in [5, 5.41) is 0. The fourth-order valence-electron chi connectivity index (χ4n) is 2.90. The second-order valence-corrected chi connectivity index (χ2v) is 5.46. The van der Waals surface area contributed by atoms with E-state index in [0.29, 0.717) is 13.1 Å². The maximum absolute atomic E-state index is 12.6. The van der Waals surface area contributed by atoms with E-state index in [1.54, 1.807) is 9.80 Å². The molecule has 2 amide bonds. The number of nitrogens with zero attached hydrogens (tertiary/aromatic N) is 5. The van der Waals surface area contributed by atoms with Gasteiger partial charge in [0.15, 0.2) is 11.7 Å². The third kappa shape index (κ3) is 1.82. The number of urea groups is 1. The van der Waals surface area contributed by atoms with Crippen LogP contribution >= 0.6 is 0 Å².